The van der Waals surface area contributed by atoms with Crippen LogP contribution in [0.3, 0.4) is 0 Å². The van der Waals surface area contributed by atoms with Gasteiger partial charge in [0, 0.05) is 10.9 Å². The van der Waals surface area contributed by atoms with Crippen LogP contribution >= 0.6 is 11.8 Å². The molecule has 0 aliphatic heterocycles. The summed E-state index contributed by atoms with van der Waals surface area (Å²) in [6.07, 6.45) is 12.7. The Kier molecular flexibility index (Phi) is 9.02. The van der Waals surface area contributed by atoms with E-state index in [1.54, 1.807) is 11.8 Å². The maximum atomic E-state index is 6.24. The first kappa shape index (κ1) is 16.6. The van der Waals surface area contributed by atoms with E-state index in [4.69, 9.17) is 5.73 Å². The topological polar surface area (TPSA) is 26.0 Å². The van der Waals surface area contributed by atoms with E-state index in [2.05, 4.69) is 37.4 Å². The van der Waals surface area contributed by atoms with Crippen molar-refractivity contribution in [2.24, 2.45) is 5.73 Å². The molecule has 1 unspecified atom stereocenters. The molecule has 2 heteroatoms. The minimum Gasteiger partial charge on any atom is -0.324 e. The zero-order valence-corrected chi connectivity index (χ0v) is 13.3. The summed E-state index contributed by atoms with van der Waals surface area (Å²) < 4.78 is 0. The van der Waals surface area contributed by atoms with Gasteiger partial charge in [-0.15, -0.1) is 11.8 Å². The molecule has 1 atom stereocenters. The van der Waals surface area contributed by atoms with E-state index >= 15 is 0 Å². The number of nitrogens with two attached hydrogens (primary N) is 1. The lowest BCUT2D eigenvalue weighted by atomic mass is 10.0. The highest BCUT2D eigenvalue weighted by Gasteiger charge is 2.05. The second-order valence-corrected chi connectivity index (χ2v) is 6.17. The van der Waals surface area contributed by atoms with Gasteiger partial charge >= 0.3 is 0 Å². The number of thioether (sulfide) groups is 1. The van der Waals surface area contributed by atoms with E-state index in [-0.39, 0.29) is 6.04 Å². The second kappa shape index (κ2) is 10.3. The third-order valence-corrected chi connectivity index (χ3v) is 4.41. The van der Waals surface area contributed by atoms with Crippen LogP contribution in [0.25, 0.3) is 0 Å². The molecule has 0 saturated carbocycles. The van der Waals surface area contributed by atoms with E-state index in [9.17, 15) is 0 Å². The fourth-order valence-corrected chi connectivity index (χ4v) is 2.75. The van der Waals surface area contributed by atoms with Gasteiger partial charge in [0.15, 0.2) is 0 Å². The smallest absolute Gasteiger partial charge is 0.0294 e. The number of rotatable bonds is 10. The van der Waals surface area contributed by atoms with Crippen LogP contribution in [0.4, 0.5) is 0 Å². The van der Waals surface area contributed by atoms with Gasteiger partial charge in [0.05, 0.1) is 0 Å². The standard InChI is InChI=1S/C17H29NS/c1-3-4-5-6-7-8-9-10-17(18)15-11-13-16(19-2)14-12-15/h11-14,17H,3-10,18H2,1-2H3. The van der Waals surface area contributed by atoms with E-state index in [1.807, 2.05) is 0 Å². The molecule has 108 valence electrons. The number of benzene rings is 1. The van der Waals surface area contributed by atoms with E-state index in [1.165, 1.54) is 55.4 Å². The Hall–Kier alpha value is -0.470. The van der Waals surface area contributed by atoms with Crippen molar-refractivity contribution >= 4 is 11.8 Å². The van der Waals surface area contributed by atoms with Crippen LogP contribution in [-0.2, 0) is 0 Å². The highest BCUT2D eigenvalue weighted by Crippen LogP contribution is 2.21. The molecule has 2 N–H and O–H groups in total. The Morgan fingerprint density at radius 3 is 2.11 bits per heavy atom. The summed E-state index contributed by atoms with van der Waals surface area (Å²) in [7, 11) is 0. The van der Waals surface area contributed by atoms with Crippen LogP contribution < -0.4 is 5.73 Å². The first-order chi connectivity index (χ1) is 9.27. The van der Waals surface area contributed by atoms with Crippen molar-refractivity contribution in [2.75, 3.05) is 6.26 Å². The Bertz CT molecular complexity index is 321. The van der Waals surface area contributed by atoms with E-state index in [0.717, 1.165) is 6.42 Å². The molecule has 0 saturated heterocycles. The van der Waals surface area contributed by atoms with Crippen LogP contribution in [0.15, 0.2) is 29.2 Å². The summed E-state index contributed by atoms with van der Waals surface area (Å²) in [4.78, 5) is 1.31. The van der Waals surface area contributed by atoms with Gasteiger partial charge in [-0.1, -0.05) is 64.0 Å². The normalized spacial score (nSPS) is 12.6. The van der Waals surface area contributed by atoms with Gasteiger partial charge in [-0.25, -0.2) is 0 Å². The lowest BCUT2D eigenvalue weighted by Gasteiger charge is -2.12. The number of hydrogen-bond acceptors (Lipinski definition) is 2. The largest absolute Gasteiger partial charge is 0.324 e. The van der Waals surface area contributed by atoms with Crippen molar-refractivity contribution in [1.29, 1.82) is 0 Å². The SMILES string of the molecule is CCCCCCCCCC(N)c1ccc(SC)cc1. The Labute approximate surface area is 123 Å². The van der Waals surface area contributed by atoms with Crippen LogP contribution in [0.5, 0.6) is 0 Å². The van der Waals surface area contributed by atoms with Crippen molar-refractivity contribution in [3.63, 3.8) is 0 Å². The maximum Gasteiger partial charge on any atom is 0.0294 e. The van der Waals surface area contributed by atoms with Crippen molar-refractivity contribution in [1.82, 2.24) is 0 Å². The molecule has 0 aliphatic carbocycles. The Balaban J connectivity index is 2.14. The van der Waals surface area contributed by atoms with Crippen molar-refractivity contribution in [3.8, 4) is 0 Å². The molecule has 0 bridgehead atoms. The molecule has 0 heterocycles. The molecular weight excluding hydrogens is 250 g/mol. The third kappa shape index (κ3) is 7.03. The van der Waals surface area contributed by atoms with Crippen molar-refractivity contribution < 1.29 is 0 Å². The summed E-state index contributed by atoms with van der Waals surface area (Å²) in [5.41, 5.74) is 7.52. The zero-order valence-electron chi connectivity index (χ0n) is 12.5. The van der Waals surface area contributed by atoms with Gasteiger partial charge < -0.3 is 5.73 Å². The summed E-state index contributed by atoms with van der Waals surface area (Å²) in [5, 5.41) is 0. The van der Waals surface area contributed by atoms with Crippen LogP contribution in [0, 0.1) is 0 Å². The lowest BCUT2D eigenvalue weighted by Crippen LogP contribution is -2.09. The number of hydrogen-bond donors (Lipinski definition) is 1. The molecule has 0 aliphatic rings. The van der Waals surface area contributed by atoms with Gasteiger partial charge in [-0.05, 0) is 30.4 Å². The molecule has 0 fully saturated rings. The Morgan fingerprint density at radius 1 is 0.947 bits per heavy atom. The van der Waals surface area contributed by atoms with Crippen LogP contribution in [0.2, 0.25) is 0 Å². The van der Waals surface area contributed by atoms with E-state index in [0.29, 0.717) is 0 Å². The molecule has 1 nitrogen and oxygen atoms in total. The first-order valence-electron chi connectivity index (χ1n) is 7.67. The van der Waals surface area contributed by atoms with Gasteiger partial charge in [-0.3, -0.25) is 0 Å². The molecule has 0 aromatic heterocycles. The molecule has 0 radical (unpaired) electrons. The van der Waals surface area contributed by atoms with Crippen LogP contribution in [-0.4, -0.2) is 6.26 Å². The highest BCUT2D eigenvalue weighted by atomic mass is 32.2. The molecule has 19 heavy (non-hydrogen) atoms. The fourth-order valence-electron chi connectivity index (χ4n) is 2.34. The van der Waals surface area contributed by atoms with Crippen molar-refractivity contribution in [3.05, 3.63) is 29.8 Å². The third-order valence-electron chi connectivity index (χ3n) is 3.66. The highest BCUT2D eigenvalue weighted by molar-refractivity contribution is 7.98. The zero-order chi connectivity index (χ0) is 13.9. The van der Waals surface area contributed by atoms with Gasteiger partial charge in [0.25, 0.3) is 0 Å². The fraction of sp³-hybridized carbons (Fsp3) is 0.647. The molecule has 1 aromatic rings. The second-order valence-electron chi connectivity index (χ2n) is 5.29. The van der Waals surface area contributed by atoms with Crippen molar-refractivity contribution in [2.45, 2.75) is 69.2 Å². The molecule has 1 rings (SSSR count). The number of unbranched alkanes of at least 4 members (excludes halogenated alkanes) is 6. The average molecular weight is 279 g/mol. The predicted octanol–water partition coefficient (Wildman–Crippen LogP) is 5.55. The monoisotopic (exact) mass is 279 g/mol. The Morgan fingerprint density at radius 2 is 1.53 bits per heavy atom. The molecular formula is C17H29NS. The summed E-state index contributed by atoms with van der Waals surface area (Å²) >= 11 is 1.78. The summed E-state index contributed by atoms with van der Waals surface area (Å²) in [6.45, 7) is 2.27. The molecule has 0 amide bonds. The lowest BCUT2D eigenvalue weighted by molar-refractivity contribution is 0.541. The quantitative estimate of drug-likeness (QED) is 0.449. The minimum absolute atomic E-state index is 0.214. The van der Waals surface area contributed by atoms with Gasteiger partial charge in [-0.2, -0.15) is 0 Å². The minimum atomic E-state index is 0.214. The molecule has 1 aromatic carbocycles. The molecule has 0 spiro atoms. The van der Waals surface area contributed by atoms with Crippen LogP contribution in [0.1, 0.15) is 69.9 Å². The summed E-state index contributed by atoms with van der Waals surface area (Å²) in [5.74, 6) is 0. The van der Waals surface area contributed by atoms with Gasteiger partial charge in [0.1, 0.15) is 0 Å². The predicted molar refractivity (Wildman–Crippen MR) is 87.8 cm³/mol. The maximum absolute atomic E-state index is 6.24. The first-order valence-corrected chi connectivity index (χ1v) is 8.90. The van der Waals surface area contributed by atoms with Gasteiger partial charge in [0.2, 0.25) is 0 Å². The average Bonchev–Trinajstić information content (AvgIpc) is 2.46. The van der Waals surface area contributed by atoms with E-state index < -0.39 is 0 Å². The summed E-state index contributed by atoms with van der Waals surface area (Å²) in [6, 6.07) is 8.91.